The van der Waals surface area contributed by atoms with E-state index in [4.69, 9.17) is 18.9 Å². The van der Waals surface area contributed by atoms with Crippen molar-refractivity contribution >= 4 is 52.9 Å². The van der Waals surface area contributed by atoms with Gasteiger partial charge in [0.1, 0.15) is 6.61 Å². The van der Waals surface area contributed by atoms with Crippen LogP contribution in [0.2, 0.25) is 0 Å². The van der Waals surface area contributed by atoms with Gasteiger partial charge in [0.05, 0.1) is 17.1 Å². The van der Waals surface area contributed by atoms with Crippen molar-refractivity contribution in [3.8, 4) is 0 Å². The van der Waals surface area contributed by atoms with Crippen LogP contribution in [0.4, 0.5) is 5.95 Å². The highest BCUT2D eigenvalue weighted by Crippen LogP contribution is 2.16. The summed E-state index contributed by atoms with van der Waals surface area (Å²) in [5, 5.41) is 4.99. The van der Waals surface area contributed by atoms with E-state index in [-0.39, 0.29) is 16.9 Å². The fourth-order valence-electron chi connectivity index (χ4n) is 3.12. The maximum absolute atomic E-state index is 12.5. The minimum atomic E-state index is -1.54. The van der Waals surface area contributed by atoms with Gasteiger partial charge in [-0.1, -0.05) is 12.1 Å². The number of aromatic amines is 1. The van der Waals surface area contributed by atoms with Crippen molar-refractivity contribution in [1.29, 1.82) is 0 Å². The second-order valence-corrected chi connectivity index (χ2v) is 7.60. The summed E-state index contributed by atoms with van der Waals surface area (Å²) in [6.07, 6.45) is -3.55. The Morgan fingerprint density at radius 1 is 0.946 bits per heavy atom. The standard InChI is InChI=1S/C23H26N4O10/c1-12(28)27(23-25-18-9-7-6-8-17(18)22(33)26-23)24-10-19(35-14(3)30)21(37-16(5)32)20(36-15(4)31)11-34-13(2)29/h6-10,19-21H,11H2,1-5H3,(H,25,26,33)/b24-10+/t19-,20-,21+/m1/s1. The predicted octanol–water partition coefficient (Wildman–Crippen LogP) is 0.620. The molecule has 14 nitrogen and oxygen atoms in total. The van der Waals surface area contributed by atoms with Crippen LogP contribution in [0.5, 0.6) is 0 Å². The van der Waals surface area contributed by atoms with Crippen molar-refractivity contribution in [2.45, 2.75) is 52.9 Å². The van der Waals surface area contributed by atoms with Crippen LogP contribution in [0.1, 0.15) is 34.6 Å². The van der Waals surface area contributed by atoms with Gasteiger partial charge in [-0.3, -0.25) is 33.8 Å². The number of carbonyl (C=O) groups is 5. The molecule has 0 unspecified atom stereocenters. The molecule has 0 aliphatic heterocycles. The number of H-pyrrole nitrogens is 1. The zero-order valence-corrected chi connectivity index (χ0v) is 20.8. The quantitative estimate of drug-likeness (QED) is 0.201. The smallest absolute Gasteiger partial charge is 0.303 e. The minimum absolute atomic E-state index is 0.241. The van der Waals surface area contributed by atoms with E-state index in [1.807, 2.05) is 0 Å². The Labute approximate surface area is 210 Å². The van der Waals surface area contributed by atoms with Crippen molar-refractivity contribution in [2.24, 2.45) is 5.10 Å². The molecule has 1 heterocycles. The molecule has 37 heavy (non-hydrogen) atoms. The molecule has 198 valence electrons. The summed E-state index contributed by atoms with van der Waals surface area (Å²) < 4.78 is 20.5. The van der Waals surface area contributed by atoms with E-state index in [0.29, 0.717) is 0 Å². The van der Waals surface area contributed by atoms with E-state index in [1.165, 1.54) is 0 Å². The first-order chi connectivity index (χ1) is 17.4. The van der Waals surface area contributed by atoms with Gasteiger partial charge in [0, 0.05) is 34.6 Å². The lowest BCUT2D eigenvalue weighted by Crippen LogP contribution is -2.48. The van der Waals surface area contributed by atoms with Gasteiger partial charge in [0.2, 0.25) is 11.9 Å². The molecule has 3 atom stereocenters. The van der Waals surface area contributed by atoms with E-state index in [0.717, 1.165) is 45.8 Å². The van der Waals surface area contributed by atoms with E-state index >= 15 is 0 Å². The monoisotopic (exact) mass is 518 g/mol. The lowest BCUT2D eigenvalue weighted by Gasteiger charge is -2.30. The zero-order chi connectivity index (χ0) is 27.7. The molecule has 0 saturated carbocycles. The third-order valence-electron chi connectivity index (χ3n) is 4.49. The van der Waals surface area contributed by atoms with Gasteiger partial charge in [-0.05, 0) is 12.1 Å². The largest absolute Gasteiger partial charge is 0.462 e. The summed E-state index contributed by atoms with van der Waals surface area (Å²) in [4.78, 5) is 78.2. The average Bonchev–Trinajstić information content (AvgIpc) is 2.79. The van der Waals surface area contributed by atoms with Crippen LogP contribution in [0, 0.1) is 0 Å². The summed E-state index contributed by atoms with van der Waals surface area (Å²) >= 11 is 0. The van der Waals surface area contributed by atoms with E-state index < -0.39 is 60.3 Å². The molecule has 2 rings (SSSR count). The number of aromatic nitrogens is 2. The lowest BCUT2D eigenvalue weighted by atomic mass is 10.1. The fourth-order valence-corrected chi connectivity index (χ4v) is 3.12. The molecular weight excluding hydrogens is 492 g/mol. The van der Waals surface area contributed by atoms with Gasteiger partial charge in [-0.25, -0.2) is 4.98 Å². The number of carbonyl (C=O) groups excluding carboxylic acids is 5. The first-order valence-corrected chi connectivity index (χ1v) is 10.9. The Morgan fingerprint density at radius 3 is 2.14 bits per heavy atom. The highest BCUT2D eigenvalue weighted by Gasteiger charge is 2.37. The van der Waals surface area contributed by atoms with Gasteiger partial charge < -0.3 is 18.9 Å². The Bertz CT molecular complexity index is 1270. The Hall–Kier alpha value is -4.62. The Morgan fingerprint density at radius 2 is 1.57 bits per heavy atom. The number of hydrogen-bond acceptors (Lipinski definition) is 12. The number of ether oxygens (including phenoxy) is 4. The molecule has 0 radical (unpaired) electrons. The van der Waals surface area contributed by atoms with Gasteiger partial charge in [-0.15, -0.1) is 0 Å². The second-order valence-electron chi connectivity index (χ2n) is 7.60. The number of anilines is 1. The fraction of sp³-hybridized carbons (Fsp3) is 0.391. The first kappa shape index (κ1) is 28.6. The number of esters is 4. The van der Waals surface area contributed by atoms with Crippen molar-refractivity contribution in [1.82, 2.24) is 9.97 Å². The van der Waals surface area contributed by atoms with Gasteiger partial charge in [-0.2, -0.15) is 10.1 Å². The predicted molar refractivity (Wildman–Crippen MR) is 127 cm³/mol. The molecule has 0 fully saturated rings. The Balaban J connectivity index is 2.54. The molecule has 14 heteroatoms. The normalized spacial score (nSPS) is 13.3. The number of amides is 1. The van der Waals surface area contributed by atoms with Crippen molar-refractivity contribution < 1.29 is 42.9 Å². The number of rotatable bonds is 10. The number of benzene rings is 1. The third kappa shape index (κ3) is 8.52. The molecular formula is C23H26N4O10. The number of nitrogens with zero attached hydrogens (tertiary/aromatic N) is 3. The highest BCUT2D eigenvalue weighted by atomic mass is 16.6. The zero-order valence-electron chi connectivity index (χ0n) is 20.8. The number of para-hydroxylation sites is 1. The maximum atomic E-state index is 12.5. The molecule has 0 bridgehead atoms. The van der Waals surface area contributed by atoms with Crippen LogP contribution in [0.25, 0.3) is 10.9 Å². The van der Waals surface area contributed by atoms with Gasteiger partial charge in [0.15, 0.2) is 18.3 Å². The highest BCUT2D eigenvalue weighted by molar-refractivity contribution is 5.91. The maximum Gasteiger partial charge on any atom is 0.303 e. The van der Waals surface area contributed by atoms with Gasteiger partial charge in [0.25, 0.3) is 5.56 Å². The lowest BCUT2D eigenvalue weighted by molar-refractivity contribution is -0.183. The van der Waals surface area contributed by atoms with Crippen molar-refractivity contribution in [3.63, 3.8) is 0 Å². The molecule has 0 spiro atoms. The second kappa shape index (κ2) is 12.9. The molecule has 1 amide bonds. The average molecular weight is 518 g/mol. The summed E-state index contributed by atoms with van der Waals surface area (Å²) in [6, 6.07) is 6.41. The van der Waals surface area contributed by atoms with E-state index in [1.54, 1.807) is 24.3 Å². The minimum Gasteiger partial charge on any atom is -0.462 e. The van der Waals surface area contributed by atoms with Crippen LogP contribution < -0.4 is 10.6 Å². The van der Waals surface area contributed by atoms with Crippen LogP contribution in [-0.4, -0.2) is 70.9 Å². The third-order valence-corrected chi connectivity index (χ3v) is 4.49. The van der Waals surface area contributed by atoms with Crippen LogP contribution in [0.3, 0.4) is 0 Å². The number of hydrazone groups is 1. The van der Waals surface area contributed by atoms with Crippen LogP contribution in [0.15, 0.2) is 34.2 Å². The molecule has 0 aliphatic carbocycles. The summed E-state index contributed by atoms with van der Waals surface area (Å²) in [7, 11) is 0. The van der Waals surface area contributed by atoms with Crippen molar-refractivity contribution in [2.75, 3.05) is 11.6 Å². The molecule has 1 aromatic heterocycles. The summed E-state index contributed by atoms with van der Waals surface area (Å²) in [6.45, 7) is 4.88. The molecule has 1 N–H and O–H groups in total. The molecule has 0 aliphatic rings. The van der Waals surface area contributed by atoms with Crippen LogP contribution >= 0.6 is 0 Å². The van der Waals surface area contributed by atoms with Gasteiger partial charge >= 0.3 is 23.9 Å². The topological polar surface area (TPSA) is 184 Å². The van der Waals surface area contributed by atoms with E-state index in [9.17, 15) is 28.8 Å². The number of hydrogen-bond donors (Lipinski definition) is 1. The summed E-state index contributed by atoms with van der Waals surface area (Å²) in [5.41, 5.74) is -0.249. The summed E-state index contributed by atoms with van der Waals surface area (Å²) in [5.74, 6) is -4.14. The van der Waals surface area contributed by atoms with Crippen LogP contribution in [-0.2, 0) is 42.9 Å². The molecule has 2 aromatic rings. The number of nitrogens with one attached hydrogen (secondary N) is 1. The van der Waals surface area contributed by atoms with E-state index in [2.05, 4.69) is 15.1 Å². The Kier molecular flexibility index (Phi) is 9.98. The SMILES string of the molecule is CC(=O)OC[C@@H](OC(C)=O)[C@@H](OC(C)=O)[C@@H](/C=N/N(C(C)=O)c1nc2ccccc2c(=O)[nH]1)OC(C)=O. The van der Waals surface area contributed by atoms with Crippen molar-refractivity contribution in [3.05, 3.63) is 34.6 Å². The molecule has 1 aromatic carbocycles. The number of fused-ring (bicyclic) bond motifs is 1. The molecule has 0 saturated heterocycles. The first-order valence-electron chi connectivity index (χ1n) is 10.9.